The molecule has 3 rings (SSSR count). The van der Waals surface area contributed by atoms with Gasteiger partial charge in [-0.05, 0) is 19.3 Å². The van der Waals surface area contributed by atoms with Crippen molar-refractivity contribution in [1.82, 2.24) is 20.2 Å². The zero-order valence-electron chi connectivity index (χ0n) is 13.0. The molecule has 23 heavy (non-hydrogen) atoms. The van der Waals surface area contributed by atoms with Crippen LogP contribution in [-0.4, -0.2) is 39.3 Å². The Bertz CT molecular complexity index is 572. The van der Waals surface area contributed by atoms with Gasteiger partial charge in [0.2, 0.25) is 11.8 Å². The van der Waals surface area contributed by atoms with Crippen LogP contribution in [0, 0.1) is 5.92 Å². The summed E-state index contributed by atoms with van der Waals surface area (Å²) >= 11 is 5.74. The van der Waals surface area contributed by atoms with E-state index in [9.17, 15) is 9.59 Å². The van der Waals surface area contributed by atoms with Crippen LogP contribution in [0.2, 0.25) is 5.02 Å². The highest BCUT2D eigenvalue weighted by Gasteiger charge is 2.35. The largest absolute Gasteiger partial charge is 0.349 e. The summed E-state index contributed by atoms with van der Waals surface area (Å²) in [6, 6.07) is 0.331. The van der Waals surface area contributed by atoms with E-state index in [2.05, 4.69) is 15.3 Å². The van der Waals surface area contributed by atoms with E-state index in [0.717, 1.165) is 12.8 Å². The highest BCUT2D eigenvalue weighted by molar-refractivity contribution is 6.30. The summed E-state index contributed by atoms with van der Waals surface area (Å²) in [5, 5.41) is 3.34. The molecule has 1 unspecified atom stereocenters. The van der Waals surface area contributed by atoms with Crippen molar-refractivity contribution >= 4 is 23.4 Å². The lowest BCUT2D eigenvalue weighted by Gasteiger charge is -2.36. The van der Waals surface area contributed by atoms with Gasteiger partial charge in [0, 0.05) is 31.4 Å². The third-order valence-electron chi connectivity index (χ3n) is 4.67. The number of piperidine rings is 1. The van der Waals surface area contributed by atoms with Gasteiger partial charge in [0.1, 0.15) is 5.82 Å². The highest BCUT2D eigenvalue weighted by Crippen LogP contribution is 2.28. The first kappa shape index (κ1) is 16.2. The Kier molecular flexibility index (Phi) is 5.10. The Morgan fingerprint density at radius 2 is 1.96 bits per heavy atom. The van der Waals surface area contributed by atoms with Crippen LogP contribution in [0.3, 0.4) is 0 Å². The summed E-state index contributed by atoms with van der Waals surface area (Å²) in [5.41, 5.74) is 0. The molecule has 0 spiro atoms. The van der Waals surface area contributed by atoms with Crippen molar-refractivity contribution in [1.29, 1.82) is 0 Å². The van der Waals surface area contributed by atoms with Crippen LogP contribution < -0.4 is 5.32 Å². The molecule has 2 heterocycles. The summed E-state index contributed by atoms with van der Waals surface area (Å²) < 4.78 is 0. The van der Waals surface area contributed by atoms with E-state index in [1.807, 2.05) is 4.90 Å². The summed E-state index contributed by atoms with van der Waals surface area (Å²) in [6.07, 6.45) is 8.60. The number of rotatable bonds is 4. The number of carbonyl (C=O) groups is 2. The fourth-order valence-electron chi connectivity index (χ4n) is 3.40. The lowest BCUT2D eigenvalue weighted by Crippen LogP contribution is -2.49. The fourth-order valence-corrected chi connectivity index (χ4v) is 3.49. The second-order valence-corrected chi connectivity index (χ2v) is 6.69. The third-order valence-corrected chi connectivity index (χ3v) is 4.87. The smallest absolute Gasteiger partial charge is 0.225 e. The molecule has 1 aromatic heterocycles. The number of nitrogens with zero attached hydrogens (tertiary/aromatic N) is 3. The second-order valence-electron chi connectivity index (χ2n) is 6.26. The lowest BCUT2D eigenvalue weighted by molar-refractivity contribution is -0.140. The topological polar surface area (TPSA) is 75.2 Å². The van der Waals surface area contributed by atoms with Gasteiger partial charge < -0.3 is 10.2 Å². The number of hydrogen-bond acceptors (Lipinski definition) is 4. The minimum absolute atomic E-state index is 0.0287. The van der Waals surface area contributed by atoms with E-state index in [1.165, 1.54) is 25.2 Å². The maximum absolute atomic E-state index is 12.4. The molecule has 6 nitrogen and oxygen atoms in total. The van der Waals surface area contributed by atoms with Crippen molar-refractivity contribution < 1.29 is 9.59 Å². The van der Waals surface area contributed by atoms with Gasteiger partial charge in [0.25, 0.3) is 0 Å². The maximum atomic E-state index is 12.4. The number of likely N-dealkylation sites (tertiary alicyclic amines) is 1. The molecule has 2 aliphatic rings. The van der Waals surface area contributed by atoms with Gasteiger partial charge in [-0.25, -0.2) is 9.97 Å². The van der Waals surface area contributed by atoms with Crippen LogP contribution in [0.25, 0.3) is 0 Å². The van der Waals surface area contributed by atoms with Crippen LogP contribution in [0.5, 0.6) is 0 Å². The third kappa shape index (κ3) is 3.99. The Morgan fingerprint density at radius 1 is 1.26 bits per heavy atom. The van der Waals surface area contributed by atoms with Gasteiger partial charge in [0.05, 0.1) is 17.5 Å². The van der Waals surface area contributed by atoms with E-state index >= 15 is 0 Å². The number of carbonyl (C=O) groups excluding carboxylic acids is 2. The standard InChI is InChI=1S/C16H21ClN4O2/c17-12-7-18-14(19-8-12)9-20-16(23)11-5-6-15(22)21(10-11)13-3-1-2-4-13/h7-8,11,13H,1-6,9-10H2,(H,20,23). The molecule has 1 aliphatic carbocycles. The Morgan fingerprint density at radius 3 is 2.65 bits per heavy atom. The maximum Gasteiger partial charge on any atom is 0.225 e. The quantitative estimate of drug-likeness (QED) is 0.911. The molecule has 1 aliphatic heterocycles. The molecule has 1 saturated carbocycles. The summed E-state index contributed by atoms with van der Waals surface area (Å²) in [7, 11) is 0. The Labute approximate surface area is 140 Å². The molecule has 1 N–H and O–H groups in total. The van der Waals surface area contributed by atoms with E-state index < -0.39 is 0 Å². The number of hydrogen-bond donors (Lipinski definition) is 1. The average molecular weight is 337 g/mol. The van der Waals surface area contributed by atoms with Crippen LogP contribution in [0.4, 0.5) is 0 Å². The molecule has 2 amide bonds. The fraction of sp³-hybridized carbons (Fsp3) is 0.625. The first-order chi connectivity index (χ1) is 11.1. The van der Waals surface area contributed by atoms with Crippen molar-refractivity contribution in [2.45, 2.75) is 51.1 Å². The van der Waals surface area contributed by atoms with Gasteiger partial charge in [-0.3, -0.25) is 9.59 Å². The SMILES string of the molecule is O=C(NCc1ncc(Cl)cn1)C1CCC(=O)N(C2CCCC2)C1. The second kappa shape index (κ2) is 7.25. The van der Waals surface area contributed by atoms with Crippen molar-refractivity contribution in [3.8, 4) is 0 Å². The Hall–Kier alpha value is -1.69. The van der Waals surface area contributed by atoms with Crippen LogP contribution in [-0.2, 0) is 16.1 Å². The summed E-state index contributed by atoms with van der Waals surface area (Å²) in [6.45, 7) is 0.820. The first-order valence-electron chi connectivity index (χ1n) is 8.17. The minimum Gasteiger partial charge on any atom is -0.349 e. The minimum atomic E-state index is -0.138. The molecule has 0 radical (unpaired) electrons. The molecule has 2 fully saturated rings. The summed E-state index contributed by atoms with van der Waals surface area (Å²) in [5.74, 6) is 0.559. The molecule has 0 aromatic carbocycles. The molecule has 1 atom stereocenters. The number of amides is 2. The van der Waals surface area contributed by atoms with Crippen LogP contribution in [0.1, 0.15) is 44.3 Å². The van der Waals surface area contributed by atoms with Crippen molar-refractivity contribution in [3.63, 3.8) is 0 Å². The molecule has 0 bridgehead atoms. The average Bonchev–Trinajstić information content (AvgIpc) is 3.09. The molecular weight excluding hydrogens is 316 g/mol. The molecule has 124 valence electrons. The van der Waals surface area contributed by atoms with Gasteiger partial charge >= 0.3 is 0 Å². The van der Waals surface area contributed by atoms with E-state index in [1.54, 1.807) is 0 Å². The zero-order chi connectivity index (χ0) is 16.2. The number of halogens is 1. The van der Waals surface area contributed by atoms with Crippen molar-refractivity contribution in [2.24, 2.45) is 5.92 Å². The van der Waals surface area contributed by atoms with Gasteiger partial charge in [-0.2, -0.15) is 0 Å². The lowest BCUT2D eigenvalue weighted by atomic mass is 9.95. The van der Waals surface area contributed by atoms with Crippen LogP contribution in [0.15, 0.2) is 12.4 Å². The number of aromatic nitrogens is 2. The van der Waals surface area contributed by atoms with E-state index in [-0.39, 0.29) is 24.3 Å². The molecule has 1 saturated heterocycles. The zero-order valence-corrected chi connectivity index (χ0v) is 13.8. The molecule has 1 aromatic rings. The molecule has 7 heteroatoms. The monoisotopic (exact) mass is 336 g/mol. The Balaban J connectivity index is 1.54. The van der Waals surface area contributed by atoms with Crippen molar-refractivity contribution in [3.05, 3.63) is 23.2 Å². The molecular formula is C16H21ClN4O2. The first-order valence-corrected chi connectivity index (χ1v) is 8.55. The van der Waals surface area contributed by atoms with Gasteiger partial charge in [-0.15, -0.1) is 0 Å². The predicted octanol–water partition coefficient (Wildman–Crippen LogP) is 1.93. The van der Waals surface area contributed by atoms with E-state index in [4.69, 9.17) is 11.6 Å². The van der Waals surface area contributed by atoms with Crippen molar-refractivity contribution in [2.75, 3.05) is 6.54 Å². The predicted molar refractivity (Wildman–Crippen MR) is 85.6 cm³/mol. The summed E-state index contributed by atoms with van der Waals surface area (Å²) in [4.78, 5) is 34.6. The highest BCUT2D eigenvalue weighted by atomic mass is 35.5. The number of nitrogens with one attached hydrogen (secondary N) is 1. The normalized spacial score (nSPS) is 22.4. The van der Waals surface area contributed by atoms with Gasteiger partial charge in [0.15, 0.2) is 0 Å². The van der Waals surface area contributed by atoms with E-state index in [0.29, 0.717) is 36.3 Å². The van der Waals surface area contributed by atoms with Crippen LogP contribution >= 0.6 is 11.6 Å². The van der Waals surface area contributed by atoms with Gasteiger partial charge in [-0.1, -0.05) is 24.4 Å².